The van der Waals surface area contributed by atoms with Crippen LogP contribution < -0.4 is 15.4 Å². The standard InChI is InChI=1S/C35H48N4O5.ClH/c1-4-5-21-39-32(41)30(24-34(43)17-7-6-8-18-34)37-33(42)35(39)19-22-38(23-20-35)25(2)26-9-13-28(14-10-26)44-29-15-11-27(12-16-29)31(40)36-3;/h9-16,25,30,43H,4-8,17-24H2,1-3H3,(H,36,40)(H,37,42);1H/t25?,30-;/m1./s1. The fourth-order valence-corrected chi connectivity index (χ4v) is 7.21. The number of halogens is 1. The fraction of sp³-hybridized carbons (Fsp3) is 0.571. The topological polar surface area (TPSA) is 111 Å². The maximum absolute atomic E-state index is 13.9. The normalized spacial score (nSPS) is 21.9. The summed E-state index contributed by atoms with van der Waals surface area (Å²) in [5.41, 5.74) is 0.0211. The van der Waals surface area contributed by atoms with E-state index in [4.69, 9.17) is 4.74 Å². The molecule has 2 heterocycles. The van der Waals surface area contributed by atoms with Gasteiger partial charge < -0.3 is 25.4 Å². The summed E-state index contributed by atoms with van der Waals surface area (Å²) < 4.78 is 5.99. The van der Waals surface area contributed by atoms with Crippen molar-refractivity contribution >= 4 is 30.1 Å². The minimum Gasteiger partial charge on any atom is -0.457 e. The van der Waals surface area contributed by atoms with E-state index in [1.165, 1.54) is 0 Å². The summed E-state index contributed by atoms with van der Waals surface area (Å²) in [4.78, 5) is 43.7. The predicted molar refractivity (Wildman–Crippen MR) is 177 cm³/mol. The fourth-order valence-electron chi connectivity index (χ4n) is 7.21. The van der Waals surface area contributed by atoms with Gasteiger partial charge in [0.1, 0.15) is 23.1 Å². The molecule has 10 heteroatoms. The van der Waals surface area contributed by atoms with Crippen LogP contribution in [0.2, 0.25) is 0 Å². The van der Waals surface area contributed by atoms with Gasteiger partial charge in [0.25, 0.3) is 5.91 Å². The number of unbranched alkanes of at least 4 members (excludes halogenated alkanes) is 1. The molecule has 0 radical (unpaired) electrons. The zero-order valence-corrected chi connectivity index (χ0v) is 27.7. The van der Waals surface area contributed by atoms with E-state index in [0.717, 1.165) is 37.7 Å². The average molecular weight is 641 g/mol. The Morgan fingerprint density at radius 2 is 1.60 bits per heavy atom. The van der Waals surface area contributed by atoms with Gasteiger partial charge in [-0.15, -0.1) is 12.4 Å². The second-order valence-corrected chi connectivity index (χ2v) is 12.9. The molecule has 1 spiro atoms. The number of carbonyl (C=O) groups excluding carboxylic acids is 3. The summed E-state index contributed by atoms with van der Waals surface area (Å²) in [6, 6.07) is 14.5. The van der Waals surface area contributed by atoms with Crippen LogP contribution in [-0.2, 0) is 9.59 Å². The number of hydrogen-bond acceptors (Lipinski definition) is 6. The first-order chi connectivity index (χ1) is 21.2. The number of ether oxygens (including phenoxy) is 1. The molecule has 1 aliphatic carbocycles. The van der Waals surface area contributed by atoms with Crippen LogP contribution in [0.5, 0.6) is 11.5 Å². The Morgan fingerprint density at radius 1 is 1.00 bits per heavy atom. The number of benzene rings is 2. The van der Waals surface area contributed by atoms with Gasteiger partial charge in [-0.25, -0.2) is 0 Å². The van der Waals surface area contributed by atoms with Crippen molar-refractivity contribution in [3.05, 3.63) is 59.7 Å². The third-order valence-corrected chi connectivity index (χ3v) is 10.0. The highest BCUT2D eigenvalue weighted by molar-refractivity contribution is 6.00. The summed E-state index contributed by atoms with van der Waals surface area (Å²) >= 11 is 0. The van der Waals surface area contributed by atoms with Crippen LogP contribution in [0.3, 0.4) is 0 Å². The van der Waals surface area contributed by atoms with E-state index < -0.39 is 17.2 Å². The van der Waals surface area contributed by atoms with Crippen molar-refractivity contribution in [2.45, 2.75) is 101 Å². The molecule has 0 aromatic heterocycles. The molecule has 3 N–H and O–H groups in total. The smallest absolute Gasteiger partial charge is 0.251 e. The molecule has 246 valence electrons. The Hall–Kier alpha value is -3.14. The van der Waals surface area contributed by atoms with E-state index in [-0.39, 0.29) is 36.2 Å². The maximum atomic E-state index is 13.9. The van der Waals surface area contributed by atoms with Gasteiger partial charge in [-0.3, -0.25) is 19.3 Å². The number of aliphatic hydroxyl groups is 1. The van der Waals surface area contributed by atoms with Gasteiger partial charge in [0.2, 0.25) is 11.8 Å². The minimum atomic E-state index is -0.871. The molecule has 9 nitrogen and oxygen atoms in total. The molecule has 2 saturated heterocycles. The number of carbonyl (C=O) groups is 3. The molecule has 1 saturated carbocycles. The van der Waals surface area contributed by atoms with E-state index >= 15 is 0 Å². The number of nitrogens with one attached hydrogen (secondary N) is 2. The molecule has 2 aliphatic heterocycles. The van der Waals surface area contributed by atoms with E-state index in [1.54, 1.807) is 31.3 Å². The van der Waals surface area contributed by atoms with Gasteiger partial charge in [-0.05, 0) is 81.0 Å². The lowest BCUT2D eigenvalue weighted by Gasteiger charge is -2.53. The Balaban J connectivity index is 0.00000461. The third kappa shape index (κ3) is 7.64. The van der Waals surface area contributed by atoms with Crippen molar-refractivity contribution in [3.63, 3.8) is 0 Å². The number of piperidine rings is 1. The van der Waals surface area contributed by atoms with Crippen LogP contribution in [0.25, 0.3) is 0 Å². The summed E-state index contributed by atoms with van der Waals surface area (Å²) in [6.07, 6.45) is 7.70. The summed E-state index contributed by atoms with van der Waals surface area (Å²) in [5.74, 6) is 1.14. The van der Waals surface area contributed by atoms with Crippen molar-refractivity contribution in [3.8, 4) is 11.5 Å². The van der Waals surface area contributed by atoms with E-state index in [9.17, 15) is 19.5 Å². The zero-order valence-electron chi connectivity index (χ0n) is 26.8. The van der Waals surface area contributed by atoms with Crippen molar-refractivity contribution < 1.29 is 24.2 Å². The van der Waals surface area contributed by atoms with Crippen molar-refractivity contribution in [1.29, 1.82) is 0 Å². The second kappa shape index (κ2) is 15.0. The van der Waals surface area contributed by atoms with Gasteiger partial charge in [-0.2, -0.15) is 0 Å². The van der Waals surface area contributed by atoms with E-state index in [1.807, 2.05) is 17.0 Å². The number of nitrogens with zero attached hydrogens (tertiary/aromatic N) is 2. The molecule has 3 aliphatic rings. The third-order valence-electron chi connectivity index (χ3n) is 10.0. The first kappa shape index (κ1) is 34.7. The van der Waals surface area contributed by atoms with Gasteiger partial charge in [0.15, 0.2) is 0 Å². The number of likely N-dealkylation sites (tertiary alicyclic amines) is 1. The molecule has 1 unspecified atom stereocenters. The first-order valence-electron chi connectivity index (χ1n) is 16.4. The molecule has 2 atom stereocenters. The lowest BCUT2D eigenvalue weighted by Crippen LogP contribution is -2.73. The van der Waals surface area contributed by atoms with Gasteiger partial charge in [0, 0.05) is 44.7 Å². The average Bonchev–Trinajstić information content (AvgIpc) is 3.04. The number of hydrogen-bond donors (Lipinski definition) is 3. The van der Waals surface area contributed by atoms with Gasteiger partial charge in [-0.1, -0.05) is 44.7 Å². The highest BCUT2D eigenvalue weighted by atomic mass is 35.5. The molecule has 45 heavy (non-hydrogen) atoms. The molecular formula is C35H49ClN4O5. The zero-order chi connectivity index (χ0) is 31.3. The Morgan fingerprint density at radius 3 is 2.18 bits per heavy atom. The summed E-state index contributed by atoms with van der Waals surface area (Å²) in [7, 11) is 1.60. The van der Waals surface area contributed by atoms with Crippen molar-refractivity contribution in [2.75, 3.05) is 26.7 Å². The Kier molecular flexibility index (Phi) is 11.6. The molecule has 3 fully saturated rings. The first-order valence-corrected chi connectivity index (χ1v) is 16.4. The Labute approximate surface area is 273 Å². The largest absolute Gasteiger partial charge is 0.457 e. The van der Waals surface area contributed by atoms with Crippen molar-refractivity contribution in [1.82, 2.24) is 20.4 Å². The number of piperazine rings is 1. The quantitative estimate of drug-likeness (QED) is 0.322. The lowest BCUT2D eigenvalue weighted by atomic mass is 9.77. The molecule has 2 aromatic rings. The minimum absolute atomic E-state index is 0. The van der Waals surface area contributed by atoms with Crippen LogP contribution in [0.4, 0.5) is 0 Å². The van der Waals surface area contributed by atoms with Gasteiger partial charge in [0.05, 0.1) is 5.60 Å². The monoisotopic (exact) mass is 640 g/mol. The molecular weight excluding hydrogens is 592 g/mol. The predicted octanol–water partition coefficient (Wildman–Crippen LogP) is 5.37. The molecule has 0 bridgehead atoms. The molecule has 2 aromatic carbocycles. The second-order valence-electron chi connectivity index (χ2n) is 12.9. The Bertz CT molecular complexity index is 1300. The molecule has 3 amide bonds. The van der Waals surface area contributed by atoms with Crippen molar-refractivity contribution in [2.24, 2.45) is 0 Å². The van der Waals surface area contributed by atoms with E-state index in [2.05, 4.69) is 41.5 Å². The number of amides is 3. The maximum Gasteiger partial charge on any atom is 0.251 e. The van der Waals surface area contributed by atoms with Crippen LogP contribution >= 0.6 is 12.4 Å². The van der Waals surface area contributed by atoms with Crippen LogP contribution in [0.15, 0.2) is 48.5 Å². The lowest BCUT2D eigenvalue weighted by molar-refractivity contribution is -0.164. The highest BCUT2D eigenvalue weighted by Gasteiger charge is 2.54. The summed E-state index contributed by atoms with van der Waals surface area (Å²) in [5, 5.41) is 16.9. The number of rotatable bonds is 10. The van der Waals surface area contributed by atoms with E-state index in [0.29, 0.717) is 68.8 Å². The van der Waals surface area contributed by atoms with Crippen LogP contribution in [0, 0.1) is 0 Å². The van der Waals surface area contributed by atoms with Gasteiger partial charge >= 0.3 is 0 Å². The SMILES string of the molecule is CCCCN1C(=O)[C@@H](CC2(O)CCCCC2)NC(=O)C12CCN(C(C)c1ccc(Oc3ccc(C(=O)NC)cc3)cc1)CC2.Cl. The van der Waals surface area contributed by atoms with Crippen LogP contribution in [-0.4, -0.2) is 76.5 Å². The molecule has 5 rings (SSSR count). The summed E-state index contributed by atoms with van der Waals surface area (Å²) in [6.45, 7) is 6.26. The van der Waals surface area contributed by atoms with Crippen LogP contribution in [0.1, 0.15) is 100 Å². The highest BCUT2D eigenvalue weighted by Crippen LogP contribution is 2.39.